The molecule has 0 saturated carbocycles. The van der Waals surface area contributed by atoms with Crippen molar-refractivity contribution in [1.29, 1.82) is 0 Å². The number of nitrogens with one attached hydrogen (secondary N) is 2. The zero-order valence-electron chi connectivity index (χ0n) is 10.0. The molecule has 1 aromatic carbocycles. The van der Waals surface area contributed by atoms with Gasteiger partial charge in [0.2, 0.25) is 11.8 Å². The molecule has 6 heteroatoms. The van der Waals surface area contributed by atoms with E-state index in [1.54, 1.807) is 7.11 Å². The lowest BCUT2D eigenvalue weighted by molar-refractivity contribution is -0.124. The highest BCUT2D eigenvalue weighted by Crippen LogP contribution is 2.10. The summed E-state index contributed by atoms with van der Waals surface area (Å²) in [6.45, 7) is 0.335. The quantitative estimate of drug-likeness (QED) is 0.747. The Bertz CT molecular complexity index is 406. The van der Waals surface area contributed by atoms with Crippen molar-refractivity contribution < 1.29 is 14.3 Å². The first-order valence-corrected chi connectivity index (χ1v) is 5.91. The van der Waals surface area contributed by atoms with Gasteiger partial charge in [-0.2, -0.15) is 0 Å². The van der Waals surface area contributed by atoms with E-state index in [0.29, 0.717) is 6.54 Å². The summed E-state index contributed by atoms with van der Waals surface area (Å²) in [7, 11) is 1.59. The van der Waals surface area contributed by atoms with Crippen LogP contribution in [0.15, 0.2) is 24.3 Å². The second-order valence-electron chi connectivity index (χ2n) is 3.54. The molecular weight excluding hydrogens is 256 g/mol. The molecule has 0 atom stereocenters. The van der Waals surface area contributed by atoms with Crippen LogP contribution in [-0.4, -0.2) is 31.3 Å². The summed E-state index contributed by atoms with van der Waals surface area (Å²) < 4.78 is 5.02. The van der Waals surface area contributed by atoms with Gasteiger partial charge in [-0.1, -0.05) is 12.1 Å². The predicted octanol–water partition coefficient (Wildman–Crippen LogP) is 0.666. The van der Waals surface area contributed by atoms with E-state index < -0.39 is 0 Å². The van der Waals surface area contributed by atoms with Crippen molar-refractivity contribution in [2.75, 3.05) is 19.5 Å². The lowest BCUT2D eigenvalue weighted by Crippen LogP contribution is -2.37. The predicted molar refractivity (Wildman–Crippen MR) is 68.6 cm³/mol. The smallest absolute Gasteiger partial charge is 0.239 e. The van der Waals surface area contributed by atoms with Gasteiger partial charge in [-0.05, 0) is 17.7 Å². The lowest BCUT2D eigenvalue weighted by Gasteiger charge is -2.06. The molecule has 0 heterocycles. The molecular formula is C12H15ClN2O3. The molecule has 0 aliphatic carbocycles. The maximum Gasteiger partial charge on any atom is 0.239 e. The van der Waals surface area contributed by atoms with Gasteiger partial charge in [0, 0.05) is 6.54 Å². The Labute approximate surface area is 110 Å². The van der Waals surface area contributed by atoms with Crippen LogP contribution in [0.1, 0.15) is 5.56 Å². The fourth-order valence-electron chi connectivity index (χ4n) is 1.23. The normalized spacial score (nSPS) is 9.67. The highest BCUT2D eigenvalue weighted by Gasteiger charge is 2.04. The van der Waals surface area contributed by atoms with Crippen LogP contribution in [0.3, 0.4) is 0 Å². The molecule has 0 aliphatic heterocycles. The van der Waals surface area contributed by atoms with E-state index in [2.05, 4.69) is 10.6 Å². The van der Waals surface area contributed by atoms with E-state index in [-0.39, 0.29) is 24.2 Å². The van der Waals surface area contributed by atoms with E-state index in [1.165, 1.54) is 0 Å². The number of halogens is 1. The fourth-order valence-corrected chi connectivity index (χ4v) is 1.33. The summed E-state index contributed by atoms with van der Waals surface area (Å²) in [5.41, 5.74) is 0.952. The lowest BCUT2D eigenvalue weighted by atomic mass is 10.2. The molecule has 0 bridgehead atoms. The maximum atomic E-state index is 11.4. The number of methoxy groups -OCH3 is 1. The Hall–Kier alpha value is -1.75. The average Bonchev–Trinajstić information content (AvgIpc) is 2.42. The molecule has 0 aliphatic rings. The molecule has 0 fully saturated rings. The summed E-state index contributed by atoms with van der Waals surface area (Å²) in [5.74, 6) is -0.00817. The summed E-state index contributed by atoms with van der Waals surface area (Å²) in [6, 6.07) is 7.35. The molecule has 98 valence electrons. The largest absolute Gasteiger partial charge is 0.497 e. The van der Waals surface area contributed by atoms with Crippen molar-refractivity contribution in [3.8, 4) is 5.75 Å². The van der Waals surface area contributed by atoms with Gasteiger partial charge in [0.15, 0.2) is 0 Å². The summed E-state index contributed by atoms with van der Waals surface area (Å²) in [6.07, 6.45) is 0. The van der Waals surface area contributed by atoms with E-state index in [0.717, 1.165) is 11.3 Å². The second-order valence-corrected chi connectivity index (χ2v) is 3.80. The van der Waals surface area contributed by atoms with Crippen molar-refractivity contribution in [3.05, 3.63) is 29.8 Å². The third-order valence-electron chi connectivity index (χ3n) is 2.22. The third-order valence-corrected chi connectivity index (χ3v) is 2.46. The molecule has 1 rings (SSSR count). The van der Waals surface area contributed by atoms with Gasteiger partial charge >= 0.3 is 0 Å². The van der Waals surface area contributed by atoms with Gasteiger partial charge in [0.1, 0.15) is 11.6 Å². The average molecular weight is 271 g/mol. The number of rotatable bonds is 6. The van der Waals surface area contributed by atoms with Gasteiger partial charge in [0.25, 0.3) is 0 Å². The molecule has 0 saturated heterocycles. The van der Waals surface area contributed by atoms with Gasteiger partial charge in [-0.25, -0.2) is 0 Å². The first-order valence-electron chi connectivity index (χ1n) is 5.38. The van der Waals surface area contributed by atoms with Crippen molar-refractivity contribution >= 4 is 23.4 Å². The monoisotopic (exact) mass is 270 g/mol. The molecule has 2 N–H and O–H groups in total. The van der Waals surface area contributed by atoms with Crippen LogP contribution in [0.2, 0.25) is 0 Å². The highest BCUT2D eigenvalue weighted by molar-refractivity contribution is 6.27. The van der Waals surface area contributed by atoms with Crippen LogP contribution >= 0.6 is 11.6 Å². The SMILES string of the molecule is COc1ccc(CNC(=O)CNC(=O)CCl)cc1. The van der Waals surface area contributed by atoms with Gasteiger partial charge in [0.05, 0.1) is 13.7 Å². The Morgan fingerprint density at radius 2 is 1.83 bits per heavy atom. The maximum absolute atomic E-state index is 11.4. The van der Waals surface area contributed by atoms with E-state index >= 15 is 0 Å². The molecule has 18 heavy (non-hydrogen) atoms. The Morgan fingerprint density at radius 3 is 2.39 bits per heavy atom. The number of benzene rings is 1. The number of hydrogen-bond donors (Lipinski definition) is 2. The van der Waals surface area contributed by atoms with Crippen LogP contribution in [0.25, 0.3) is 0 Å². The number of ether oxygens (including phenoxy) is 1. The summed E-state index contributed by atoms with van der Waals surface area (Å²) >= 11 is 5.28. The van der Waals surface area contributed by atoms with E-state index in [9.17, 15) is 9.59 Å². The number of amides is 2. The molecule has 5 nitrogen and oxygen atoms in total. The van der Waals surface area contributed by atoms with Crippen LogP contribution in [0.5, 0.6) is 5.75 Å². The van der Waals surface area contributed by atoms with Crippen LogP contribution in [0.4, 0.5) is 0 Å². The Morgan fingerprint density at radius 1 is 1.17 bits per heavy atom. The molecule has 0 spiro atoms. The van der Waals surface area contributed by atoms with Crippen molar-refractivity contribution in [2.24, 2.45) is 0 Å². The van der Waals surface area contributed by atoms with Gasteiger partial charge in [-0.3, -0.25) is 9.59 Å². The van der Waals surface area contributed by atoms with E-state index in [1.807, 2.05) is 24.3 Å². The Balaban J connectivity index is 2.31. The molecule has 0 aromatic heterocycles. The minimum Gasteiger partial charge on any atom is -0.497 e. The molecule has 0 unspecified atom stereocenters. The number of carbonyl (C=O) groups excluding carboxylic acids is 2. The van der Waals surface area contributed by atoms with Crippen molar-refractivity contribution in [2.45, 2.75) is 6.54 Å². The first-order chi connectivity index (χ1) is 8.65. The summed E-state index contributed by atoms with van der Waals surface area (Å²) in [4.78, 5) is 22.2. The van der Waals surface area contributed by atoms with Crippen LogP contribution in [0, 0.1) is 0 Å². The van der Waals surface area contributed by atoms with Gasteiger partial charge < -0.3 is 15.4 Å². The molecule has 1 aromatic rings. The van der Waals surface area contributed by atoms with Crippen molar-refractivity contribution in [1.82, 2.24) is 10.6 Å². The standard InChI is InChI=1S/C12H15ClN2O3/c1-18-10-4-2-9(3-5-10)7-14-12(17)8-15-11(16)6-13/h2-5H,6-8H2,1H3,(H,14,17)(H,15,16). The number of alkyl halides is 1. The molecule has 0 radical (unpaired) electrons. The number of hydrogen-bond acceptors (Lipinski definition) is 3. The topological polar surface area (TPSA) is 67.4 Å². The zero-order valence-corrected chi connectivity index (χ0v) is 10.8. The minimum atomic E-state index is -0.365. The number of carbonyl (C=O) groups is 2. The second kappa shape index (κ2) is 7.55. The highest BCUT2D eigenvalue weighted by atomic mass is 35.5. The Kier molecular flexibility index (Phi) is 6.00. The zero-order chi connectivity index (χ0) is 13.4. The van der Waals surface area contributed by atoms with E-state index in [4.69, 9.17) is 16.3 Å². The molecule has 2 amide bonds. The third kappa shape index (κ3) is 5.05. The first kappa shape index (κ1) is 14.3. The van der Waals surface area contributed by atoms with Crippen LogP contribution in [-0.2, 0) is 16.1 Å². The minimum absolute atomic E-state index is 0.0677. The summed E-state index contributed by atoms with van der Waals surface area (Å²) in [5, 5.41) is 5.06. The van der Waals surface area contributed by atoms with Gasteiger partial charge in [-0.15, -0.1) is 11.6 Å². The van der Waals surface area contributed by atoms with Crippen molar-refractivity contribution in [3.63, 3.8) is 0 Å². The fraction of sp³-hybridized carbons (Fsp3) is 0.333. The van der Waals surface area contributed by atoms with Crippen LogP contribution < -0.4 is 15.4 Å².